The summed E-state index contributed by atoms with van der Waals surface area (Å²) in [5.41, 5.74) is 1.27. The third-order valence-electron chi connectivity index (χ3n) is 3.67. The highest BCUT2D eigenvalue weighted by Gasteiger charge is 2.22. The molecule has 4 nitrogen and oxygen atoms in total. The number of hydrogen-bond donors (Lipinski definition) is 2. The number of fused-ring (bicyclic) bond motifs is 1. The van der Waals surface area contributed by atoms with Gasteiger partial charge in [-0.3, -0.25) is 4.79 Å². The van der Waals surface area contributed by atoms with Crippen molar-refractivity contribution >= 4 is 23.2 Å². The van der Waals surface area contributed by atoms with Gasteiger partial charge in [0.2, 0.25) is 0 Å². The number of nitrogens with one attached hydrogen (secondary N) is 1. The molecule has 0 bridgehead atoms. The molecule has 110 valence electrons. The Kier molecular flexibility index (Phi) is 5.17. The van der Waals surface area contributed by atoms with Gasteiger partial charge in [-0.1, -0.05) is 19.8 Å². The highest BCUT2D eigenvalue weighted by molar-refractivity contribution is 7.14. The first-order valence-corrected chi connectivity index (χ1v) is 8.08. The van der Waals surface area contributed by atoms with Crippen LogP contribution in [0.25, 0.3) is 0 Å². The number of carbonyl (C=O) groups excluding carboxylic acids is 1. The number of carboxylic acid groups (broad SMARTS) is 1. The molecule has 1 aliphatic rings. The maximum Gasteiger partial charge on any atom is 0.326 e. The molecule has 1 heterocycles. The number of amides is 1. The first-order chi connectivity index (χ1) is 9.61. The lowest BCUT2D eigenvalue weighted by atomic mass is 9.99. The van der Waals surface area contributed by atoms with Crippen LogP contribution in [0.1, 0.15) is 59.1 Å². The Bertz CT molecular complexity index is 472. The minimum absolute atomic E-state index is 0.243. The van der Waals surface area contributed by atoms with E-state index in [1.54, 1.807) is 0 Å². The predicted octanol–water partition coefficient (Wildman–Crippen LogP) is 3.00. The second-order valence-electron chi connectivity index (χ2n) is 5.27. The van der Waals surface area contributed by atoms with Gasteiger partial charge in [-0.25, -0.2) is 4.79 Å². The van der Waals surface area contributed by atoms with E-state index >= 15 is 0 Å². The largest absolute Gasteiger partial charge is 0.480 e. The fraction of sp³-hybridized carbons (Fsp3) is 0.600. The summed E-state index contributed by atoms with van der Waals surface area (Å²) in [7, 11) is 0. The topological polar surface area (TPSA) is 66.4 Å². The van der Waals surface area contributed by atoms with Gasteiger partial charge in [0.05, 0.1) is 4.88 Å². The summed E-state index contributed by atoms with van der Waals surface area (Å²) < 4.78 is 0. The van der Waals surface area contributed by atoms with Crippen LogP contribution in [0.15, 0.2) is 6.07 Å². The molecule has 0 spiro atoms. The molecule has 0 aliphatic heterocycles. The second kappa shape index (κ2) is 6.88. The Balaban J connectivity index is 2.02. The molecule has 1 aromatic rings. The molecular formula is C15H21NO3S. The Labute approximate surface area is 123 Å². The summed E-state index contributed by atoms with van der Waals surface area (Å²) in [6.45, 7) is 2.01. The van der Waals surface area contributed by atoms with Crippen molar-refractivity contribution < 1.29 is 14.7 Å². The number of hydrogen-bond acceptors (Lipinski definition) is 3. The molecule has 1 aliphatic carbocycles. The average molecular weight is 295 g/mol. The highest BCUT2D eigenvalue weighted by atomic mass is 32.1. The third kappa shape index (κ3) is 3.60. The van der Waals surface area contributed by atoms with E-state index in [0.29, 0.717) is 11.3 Å². The van der Waals surface area contributed by atoms with Crippen LogP contribution in [-0.4, -0.2) is 23.0 Å². The Morgan fingerprint density at radius 1 is 1.40 bits per heavy atom. The van der Waals surface area contributed by atoms with E-state index in [9.17, 15) is 9.59 Å². The number of rotatable bonds is 6. The van der Waals surface area contributed by atoms with Gasteiger partial charge < -0.3 is 10.4 Å². The van der Waals surface area contributed by atoms with Crippen LogP contribution in [0.2, 0.25) is 0 Å². The summed E-state index contributed by atoms with van der Waals surface area (Å²) in [5, 5.41) is 11.8. The van der Waals surface area contributed by atoms with Crippen molar-refractivity contribution in [3.63, 3.8) is 0 Å². The zero-order valence-corrected chi connectivity index (χ0v) is 12.6. The van der Waals surface area contributed by atoms with Crippen molar-refractivity contribution in [2.75, 3.05) is 0 Å². The molecule has 0 unspecified atom stereocenters. The molecular weight excluding hydrogens is 274 g/mol. The number of thiophene rings is 1. The Morgan fingerprint density at radius 3 is 2.80 bits per heavy atom. The molecule has 1 amide bonds. The molecule has 2 N–H and O–H groups in total. The van der Waals surface area contributed by atoms with E-state index < -0.39 is 12.0 Å². The van der Waals surface area contributed by atoms with Crippen LogP contribution in [0.4, 0.5) is 0 Å². The molecule has 0 saturated heterocycles. The van der Waals surface area contributed by atoms with Crippen molar-refractivity contribution in [3.8, 4) is 0 Å². The van der Waals surface area contributed by atoms with E-state index in [4.69, 9.17) is 5.11 Å². The predicted molar refractivity (Wildman–Crippen MR) is 79.4 cm³/mol. The maximum absolute atomic E-state index is 12.2. The molecule has 0 fully saturated rings. The quantitative estimate of drug-likeness (QED) is 0.848. The number of carboxylic acids is 1. The van der Waals surface area contributed by atoms with Crippen LogP contribution >= 0.6 is 11.3 Å². The lowest BCUT2D eigenvalue weighted by molar-refractivity contribution is -0.139. The van der Waals surface area contributed by atoms with Crippen molar-refractivity contribution in [2.24, 2.45) is 0 Å². The highest BCUT2D eigenvalue weighted by Crippen LogP contribution is 2.29. The molecule has 20 heavy (non-hydrogen) atoms. The lowest BCUT2D eigenvalue weighted by Crippen LogP contribution is -2.40. The number of unbranched alkanes of at least 4 members (excludes halogenated alkanes) is 1. The van der Waals surface area contributed by atoms with Crippen LogP contribution in [-0.2, 0) is 17.6 Å². The number of aryl methyl sites for hydroxylation is 2. The molecule has 0 radical (unpaired) electrons. The van der Waals surface area contributed by atoms with Crippen molar-refractivity contribution in [1.82, 2.24) is 5.32 Å². The van der Waals surface area contributed by atoms with E-state index in [1.165, 1.54) is 34.6 Å². The summed E-state index contributed by atoms with van der Waals surface area (Å²) in [6.07, 6.45) is 6.67. The zero-order chi connectivity index (χ0) is 14.5. The maximum atomic E-state index is 12.2. The summed E-state index contributed by atoms with van der Waals surface area (Å²) in [5.74, 6) is -1.19. The summed E-state index contributed by atoms with van der Waals surface area (Å²) >= 11 is 1.52. The zero-order valence-electron chi connectivity index (χ0n) is 11.8. The standard InChI is InChI=1S/C15H21NO3S/c1-2-3-7-11(15(18)19)16-14(17)13-9-10-6-4-5-8-12(10)20-13/h9,11H,2-8H2,1H3,(H,16,17)(H,18,19)/t11-/m0/s1. The lowest BCUT2D eigenvalue weighted by Gasteiger charge is -2.13. The van der Waals surface area contributed by atoms with Gasteiger partial charge in [0.25, 0.3) is 5.91 Å². The van der Waals surface area contributed by atoms with Gasteiger partial charge in [-0.2, -0.15) is 0 Å². The van der Waals surface area contributed by atoms with Gasteiger partial charge in [0, 0.05) is 4.88 Å². The van der Waals surface area contributed by atoms with Crippen LogP contribution in [0, 0.1) is 0 Å². The van der Waals surface area contributed by atoms with Gasteiger partial charge in [-0.05, 0) is 43.7 Å². The minimum Gasteiger partial charge on any atom is -0.480 e. The minimum atomic E-state index is -0.951. The molecule has 1 atom stereocenters. The Morgan fingerprint density at radius 2 is 2.15 bits per heavy atom. The SMILES string of the molecule is CCCC[C@H](NC(=O)c1cc2c(s1)CCCC2)C(=O)O. The monoisotopic (exact) mass is 295 g/mol. The molecule has 5 heteroatoms. The summed E-state index contributed by atoms with van der Waals surface area (Å²) in [4.78, 5) is 25.3. The van der Waals surface area contributed by atoms with E-state index in [0.717, 1.165) is 25.7 Å². The summed E-state index contributed by atoms with van der Waals surface area (Å²) in [6, 6.07) is 1.16. The molecule has 0 saturated carbocycles. The van der Waals surface area contributed by atoms with E-state index in [2.05, 4.69) is 5.32 Å². The van der Waals surface area contributed by atoms with Gasteiger partial charge in [0.1, 0.15) is 6.04 Å². The van der Waals surface area contributed by atoms with Crippen LogP contribution in [0.3, 0.4) is 0 Å². The number of carbonyl (C=O) groups is 2. The van der Waals surface area contributed by atoms with Gasteiger partial charge in [0.15, 0.2) is 0 Å². The van der Waals surface area contributed by atoms with Crippen LogP contribution in [0.5, 0.6) is 0 Å². The Hall–Kier alpha value is -1.36. The van der Waals surface area contributed by atoms with Crippen molar-refractivity contribution in [3.05, 3.63) is 21.4 Å². The average Bonchev–Trinajstić information content (AvgIpc) is 2.86. The van der Waals surface area contributed by atoms with Crippen molar-refractivity contribution in [2.45, 2.75) is 57.9 Å². The molecule has 0 aromatic carbocycles. The normalized spacial score (nSPS) is 15.4. The van der Waals surface area contributed by atoms with Crippen molar-refractivity contribution in [1.29, 1.82) is 0 Å². The van der Waals surface area contributed by atoms with Gasteiger partial charge in [-0.15, -0.1) is 11.3 Å². The number of aliphatic carboxylic acids is 1. The van der Waals surface area contributed by atoms with E-state index in [-0.39, 0.29) is 5.91 Å². The molecule has 2 rings (SSSR count). The fourth-order valence-corrected chi connectivity index (χ4v) is 3.65. The smallest absolute Gasteiger partial charge is 0.326 e. The second-order valence-corrected chi connectivity index (χ2v) is 6.41. The third-order valence-corrected chi connectivity index (χ3v) is 4.91. The molecule has 1 aromatic heterocycles. The van der Waals surface area contributed by atoms with Gasteiger partial charge >= 0.3 is 5.97 Å². The van der Waals surface area contributed by atoms with E-state index in [1.807, 2.05) is 13.0 Å². The van der Waals surface area contributed by atoms with Crippen LogP contribution < -0.4 is 5.32 Å². The first-order valence-electron chi connectivity index (χ1n) is 7.27. The first kappa shape index (κ1) is 15.0. The fourth-order valence-electron chi connectivity index (χ4n) is 2.50.